The first-order valence-corrected chi connectivity index (χ1v) is 10.9. The molecule has 1 unspecified atom stereocenters. The molecule has 2 aromatic carbocycles. The van der Waals surface area contributed by atoms with Gasteiger partial charge in [0.15, 0.2) is 0 Å². The standard InChI is InChI=1S/C24H26BrN3O4/c1-24(2,3)32-23(30)27-14-20(15-7-5-9-18(12-15)31-4)28-22(29)19-13-17(25)11-16-8-6-10-26-21(16)19/h5-13,20H,14H2,1-4H3,(H,27,30)(H,28,29). The van der Waals surface area contributed by atoms with E-state index in [0.717, 1.165) is 15.4 Å². The molecule has 1 atom stereocenters. The fourth-order valence-corrected chi connectivity index (χ4v) is 3.65. The van der Waals surface area contributed by atoms with E-state index in [9.17, 15) is 9.59 Å². The second-order valence-electron chi connectivity index (χ2n) is 8.21. The number of nitrogens with one attached hydrogen (secondary N) is 2. The molecule has 0 fully saturated rings. The lowest BCUT2D eigenvalue weighted by Gasteiger charge is -2.23. The van der Waals surface area contributed by atoms with Crippen molar-refractivity contribution in [2.75, 3.05) is 13.7 Å². The summed E-state index contributed by atoms with van der Waals surface area (Å²) in [5, 5.41) is 6.60. The number of halogens is 1. The van der Waals surface area contributed by atoms with Crippen LogP contribution in [0.3, 0.4) is 0 Å². The quantitative estimate of drug-likeness (QED) is 0.497. The number of hydrogen-bond donors (Lipinski definition) is 2. The number of pyridine rings is 1. The number of fused-ring (bicyclic) bond motifs is 1. The number of methoxy groups -OCH3 is 1. The van der Waals surface area contributed by atoms with Gasteiger partial charge >= 0.3 is 6.09 Å². The van der Waals surface area contributed by atoms with Crippen LogP contribution in [0, 0.1) is 0 Å². The topological polar surface area (TPSA) is 89.5 Å². The summed E-state index contributed by atoms with van der Waals surface area (Å²) < 4.78 is 11.4. The van der Waals surface area contributed by atoms with Crippen LogP contribution in [0.5, 0.6) is 5.75 Å². The van der Waals surface area contributed by atoms with Crippen LogP contribution in [0.25, 0.3) is 10.9 Å². The maximum Gasteiger partial charge on any atom is 0.407 e. The molecule has 2 N–H and O–H groups in total. The molecule has 1 heterocycles. The van der Waals surface area contributed by atoms with Crippen LogP contribution < -0.4 is 15.4 Å². The fourth-order valence-electron chi connectivity index (χ4n) is 3.17. The minimum absolute atomic E-state index is 0.132. The first-order valence-electron chi connectivity index (χ1n) is 10.1. The maximum absolute atomic E-state index is 13.3. The maximum atomic E-state index is 13.3. The van der Waals surface area contributed by atoms with Crippen LogP contribution in [0.15, 0.2) is 59.2 Å². The molecular formula is C24H26BrN3O4. The van der Waals surface area contributed by atoms with Gasteiger partial charge in [0.1, 0.15) is 11.4 Å². The summed E-state index contributed by atoms with van der Waals surface area (Å²) >= 11 is 3.46. The number of nitrogens with zero attached hydrogens (tertiary/aromatic N) is 1. The Morgan fingerprint density at radius 1 is 1.12 bits per heavy atom. The third kappa shape index (κ3) is 6.20. The Labute approximate surface area is 195 Å². The Bertz CT molecular complexity index is 1130. The van der Waals surface area contributed by atoms with E-state index in [0.29, 0.717) is 16.8 Å². The zero-order valence-electron chi connectivity index (χ0n) is 18.4. The van der Waals surface area contributed by atoms with Gasteiger partial charge in [-0.3, -0.25) is 9.78 Å². The summed E-state index contributed by atoms with van der Waals surface area (Å²) in [6.07, 6.45) is 1.09. The molecule has 1 aromatic heterocycles. The molecule has 32 heavy (non-hydrogen) atoms. The highest BCUT2D eigenvalue weighted by Crippen LogP contribution is 2.24. The lowest BCUT2D eigenvalue weighted by molar-refractivity contribution is 0.0520. The smallest absolute Gasteiger partial charge is 0.407 e. The number of aromatic nitrogens is 1. The highest BCUT2D eigenvalue weighted by molar-refractivity contribution is 9.10. The molecule has 0 aliphatic rings. The minimum atomic E-state index is -0.625. The van der Waals surface area contributed by atoms with Crippen molar-refractivity contribution in [3.05, 3.63) is 70.3 Å². The monoisotopic (exact) mass is 499 g/mol. The van der Waals surface area contributed by atoms with Gasteiger partial charge in [-0.2, -0.15) is 0 Å². The number of ether oxygens (including phenoxy) is 2. The number of amides is 2. The Morgan fingerprint density at radius 3 is 2.62 bits per heavy atom. The third-order valence-corrected chi connectivity index (χ3v) is 5.02. The lowest BCUT2D eigenvalue weighted by Crippen LogP contribution is -2.40. The van der Waals surface area contributed by atoms with Crippen molar-refractivity contribution in [2.45, 2.75) is 32.4 Å². The predicted molar refractivity (Wildman–Crippen MR) is 127 cm³/mol. The Hall–Kier alpha value is -3.13. The fraction of sp³-hybridized carbons (Fsp3) is 0.292. The Morgan fingerprint density at radius 2 is 1.91 bits per heavy atom. The van der Waals surface area contributed by atoms with Gasteiger partial charge in [-0.1, -0.05) is 34.1 Å². The van der Waals surface area contributed by atoms with E-state index >= 15 is 0 Å². The highest BCUT2D eigenvalue weighted by atomic mass is 79.9. The van der Waals surface area contributed by atoms with Crippen molar-refractivity contribution in [1.82, 2.24) is 15.6 Å². The van der Waals surface area contributed by atoms with E-state index in [-0.39, 0.29) is 12.5 Å². The molecule has 3 rings (SSSR count). The van der Waals surface area contributed by atoms with Crippen LogP contribution >= 0.6 is 15.9 Å². The van der Waals surface area contributed by atoms with Crippen LogP contribution in [0.2, 0.25) is 0 Å². The molecule has 0 aliphatic carbocycles. The summed E-state index contributed by atoms with van der Waals surface area (Å²) in [7, 11) is 1.57. The molecule has 0 spiro atoms. The van der Waals surface area contributed by atoms with E-state index in [1.807, 2.05) is 42.5 Å². The summed E-state index contributed by atoms with van der Waals surface area (Å²) in [5.41, 5.74) is 1.18. The van der Waals surface area contributed by atoms with Crippen molar-refractivity contribution in [3.63, 3.8) is 0 Å². The van der Waals surface area contributed by atoms with Crippen molar-refractivity contribution >= 4 is 38.8 Å². The summed E-state index contributed by atoms with van der Waals surface area (Å²) in [4.78, 5) is 29.9. The largest absolute Gasteiger partial charge is 0.497 e. The van der Waals surface area contributed by atoms with E-state index in [4.69, 9.17) is 9.47 Å². The summed E-state index contributed by atoms with van der Waals surface area (Å²) in [5.74, 6) is 0.336. The van der Waals surface area contributed by atoms with Gasteiger partial charge < -0.3 is 20.1 Å². The van der Waals surface area contributed by atoms with E-state index in [1.54, 1.807) is 40.1 Å². The van der Waals surface area contributed by atoms with Gasteiger partial charge in [0.25, 0.3) is 5.91 Å². The Kier molecular flexibility index (Phi) is 7.35. The van der Waals surface area contributed by atoms with Gasteiger partial charge in [0, 0.05) is 22.6 Å². The molecule has 7 nitrogen and oxygen atoms in total. The molecule has 0 saturated carbocycles. The molecule has 3 aromatic rings. The van der Waals surface area contributed by atoms with Crippen molar-refractivity contribution in [1.29, 1.82) is 0 Å². The third-order valence-electron chi connectivity index (χ3n) is 4.57. The molecule has 2 amide bonds. The first kappa shape index (κ1) is 23.5. The molecule has 0 saturated heterocycles. The normalized spacial score (nSPS) is 12.2. The van der Waals surface area contributed by atoms with Crippen molar-refractivity contribution in [3.8, 4) is 5.75 Å². The van der Waals surface area contributed by atoms with Gasteiger partial charge in [0.05, 0.1) is 24.2 Å². The van der Waals surface area contributed by atoms with E-state index in [2.05, 4.69) is 31.5 Å². The van der Waals surface area contributed by atoms with Crippen LogP contribution in [-0.2, 0) is 4.74 Å². The van der Waals surface area contributed by atoms with Gasteiger partial charge in [0.2, 0.25) is 0 Å². The molecule has 0 aliphatic heterocycles. The molecule has 0 bridgehead atoms. The number of carbonyl (C=O) groups is 2. The summed E-state index contributed by atoms with van der Waals surface area (Å²) in [6, 6.07) is 14.2. The number of benzene rings is 2. The van der Waals surface area contributed by atoms with E-state index < -0.39 is 17.7 Å². The average molecular weight is 500 g/mol. The number of hydrogen-bond acceptors (Lipinski definition) is 5. The first-order chi connectivity index (χ1) is 15.2. The van der Waals surface area contributed by atoms with Crippen molar-refractivity contribution in [2.24, 2.45) is 0 Å². The molecule has 8 heteroatoms. The van der Waals surface area contributed by atoms with Crippen LogP contribution in [0.4, 0.5) is 4.79 Å². The summed E-state index contributed by atoms with van der Waals surface area (Å²) in [6.45, 7) is 5.50. The SMILES string of the molecule is COc1cccc(C(CNC(=O)OC(C)(C)C)NC(=O)c2cc(Br)cc3cccnc23)c1. The lowest BCUT2D eigenvalue weighted by atomic mass is 10.0. The average Bonchev–Trinajstić information content (AvgIpc) is 2.74. The minimum Gasteiger partial charge on any atom is -0.497 e. The van der Waals surface area contributed by atoms with E-state index in [1.165, 1.54) is 0 Å². The van der Waals surface area contributed by atoms with Crippen molar-refractivity contribution < 1.29 is 19.1 Å². The Balaban J connectivity index is 1.88. The number of rotatable bonds is 6. The second-order valence-corrected chi connectivity index (χ2v) is 9.13. The predicted octanol–water partition coefficient (Wildman–Crippen LogP) is 5.00. The molecule has 0 radical (unpaired) electrons. The number of alkyl carbamates (subject to hydrolysis) is 1. The van der Waals surface area contributed by atoms with Gasteiger partial charge in [-0.05, 0) is 56.7 Å². The molecular weight excluding hydrogens is 474 g/mol. The second kappa shape index (κ2) is 9.99. The molecule has 168 valence electrons. The van der Waals surface area contributed by atoms with Gasteiger partial charge in [-0.15, -0.1) is 0 Å². The number of carbonyl (C=O) groups excluding carboxylic acids is 2. The van der Waals surface area contributed by atoms with Crippen LogP contribution in [0.1, 0.15) is 42.7 Å². The van der Waals surface area contributed by atoms with Crippen LogP contribution in [-0.4, -0.2) is 36.2 Å². The zero-order valence-corrected chi connectivity index (χ0v) is 20.0. The van der Waals surface area contributed by atoms with Gasteiger partial charge in [-0.25, -0.2) is 4.79 Å². The highest BCUT2D eigenvalue weighted by Gasteiger charge is 2.22. The zero-order chi connectivity index (χ0) is 23.3.